The Bertz CT molecular complexity index is 731. The van der Waals surface area contributed by atoms with Crippen LogP contribution in [0.1, 0.15) is 41.8 Å². The number of nitrogens with one attached hydrogen (secondary N) is 1. The van der Waals surface area contributed by atoms with E-state index in [1.165, 1.54) is 0 Å². The summed E-state index contributed by atoms with van der Waals surface area (Å²) in [5.41, 5.74) is 2.39. The zero-order valence-corrected chi connectivity index (χ0v) is 15.7. The van der Waals surface area contributed by atoms with Gasteiger partial charge in [-0.3, -0.25) is 4.79 Å². The Morgan fingerprint density at radius 1 is 1.12 bits per heavy atom. The quantitative estimate of drug-likeness (QED) is 0.737. The summed E-state index contributed by atoms with van der Waals surface area (Å²) in [6, 6.07) is 10.9. The third-order valence-corrected chi connectivity index (χ3v) is 4.11. The van der Waals surface area contributed by atoms with Crippen molar-refractivity contribution in [3.8, 4) is 11.5 Å². The number of ether oxygens (including phenoxy) is 2. The minimum atomic E-state index is -0.0894. The number of carbonyl (C=O) groups is 1. The molecular formula is C20H24ClNO3. The van der Waals surface area contributed by atoms with Gasteiger partial charge in [0.1, 0.15) is 18.1 Å². The van der Waals surface area contributed by atoms with Crippen LogP contribution in [0.5, 0.6) is 11.5 Å². The summed E-state index contributed by atoms with van der Waals surface area (Å²) in [4.78, 5) is 12.2. The molecule has 0 radical (unpaired) electrons. The molecule has 2 rings (SSSR count). The highest BCUT2D eigenvalue weighted by Crippen LogP contribution is 2.25. The summed E-state index contributed by atoms with van der Waals surface area (Å²) in [6.45, 7) is 7.39. The number of benzene rings is 2. The number of carbonyl (C=O) groups excluding carboxylic acids is 1. The van der Waals surface area contributed by atoms with Crippen molar-refractivity contribution in [3.05, 3.63) is 58.1 Å². The maximum Gasteiger partial charge on any atom is 0.251 e. The number of halogens is 1. The molecular weight excluding hydrogens is 338 g/mol. The molecule has 0 saturated carbocycles. The fraction of sp³-hybridized carbons (Fsp3) is 0.350. The predicted molar refractivity (Wildman–Crippen MR) is 101 cm³/mol. The van der Waals surface area contributed by atoms with E-state index < -0.39 is 0 Å². The van der Waals surface area contributed by atoms with E-state index in [9.17, 15) is 4.79 Å². The smallest absolute Gasteiger partial charge is 0.251 e. The number of rotatable bonds is 8. The lowest BCUT2D eigenvalue weighted by molar-refractivity contribution is 0.0953. The average Bonchev–Trinajstić information content (AvgIpc) is 2.61. The summed E-state index contributed by atoms with van der Waals surface area (Å²) < 4.78 is 11.5. The minimum absolute atomic E-state index is 0.0894. The van der Waals surface area contributed by atoms with Crippen molar-refractivity contribution < 1.29 is 14.3 Å². The van der Waals surface area contributed by atoms with Crippen LogP contribution in [0, 0.1) is 6.92 Å². The fourth-order valence-electron chi connectivity index (χ4n) is 2.34. The Morgan fingerprint density at radius 3 is 2.60 bits per heavy atom. The number of hydrogen-bond acceptors (Lipinski definition) is 3. The zero-order valence-electron chi connectivity index (χ0n) is 14.9. The first kappa shape index (κ1) is 19.1. The fourth-order valence-corrected chi connectivity index (χ4v) is 2.46. The summed E-state index contributed by atoms with van der Waals surface area (Å²) in [7, 11) is 0. The van der Waals surface area contributed by atoms with E-state index in [1.54, 1.807) is 6.07 Å². The highest BCUT2D eigenvalue weighted by molar-refractivity contribution is 6.31. The van der Waals surface area contributed by atoms with Gasteiger partial charge in [0.2, 0.25) is 0 Å². The normalized spacial score (nSPS) is 10.4. The summed E-state index contributed by atoms with van der Waals surface area (Å²) in [6.07, 6.45) is 0.897. The summed E-state index contributed by atoms with van der Waals surface area (Å²) >= 11 is 6.04. The van der Waals surface area contributed by atoms with Gasteiger partial charge in [-0.15, -0.1) is 0 Å². The van der Waals surface area contributed by atoms with Crippen molar-refractivity contribution in [2.45, 2.75) is 33.8 Å². The predicted octanol–water partition coefficient (Wildman–Crippen LogP) is 4.77. The van der Waals surface area contributed by atoms with Crippen LogP contribution in [-0.2, 0) is 6.61 Å². The van der Waals surface area contributed by atoms with Gasteiger partial charge in [-0.25, -0.2) is 0 Å². The van der Waals surface area contributed by atoms with E-state index in [1.807, 2.05) is 51.1 Å². The second kappa shape index (κ2) is 9.33. The molecule has 2 aromatic rings. The van der Waals surface area contributed by atoms with Crippen molar-refractivity contribution >= 4 is 17.5 Å². The topological polar surface area (TPSA) is 47.6 Å². The Kier molecular flexibility index (Phi) is 7.14. The van der Waals surface area contributed by atoms with Crippen molar-refractivity contribution in [3.63, 3.8) is 0 Å². The third kappa shape index (κ3) is 5.40. The van der Waals surface area contributed by atoms with Gasteiger partial charge in [0.05, 0.1) is 6.61 Å². The van der Waals surface area contributed by atoms with Crippen LogP contribution in [0.2, 0.25) is 5.02 Å². The Balaban J connectivity index is 2.17. The van der Waals surface area contributed by atoms with Crippen LogP contribution in [0.4, 0.5) is 0 Å². The van der Waals surface area contributed by atoms with Gasteiger partial charge in [-0.1, -0.05) is 18.5 Å². The molecule has 134 valence electrons. The van der Waals surface area contributed by atoms with Crippen LogP contribution < -0.4 is 14.8 Å². The minimum Gasteiger partial charge on any atom is -0.493 e. The van der Waals surface area contributed by atoms with Crippen molar-refractivity contribution in [2.24, 2.45) is 0 Å². The largest absolute Gasteiger partial charge is 0.493 e. The first-order chi connectivity index (χ1) is 12.0. The van der Waals surface area contributed by atoms with Crippen LogP contribution in [0.15, 0.2) is 36.4 Å². The lowest BCUT2D eigenvalue weighted by Crippen LogP contribution is -2.24. The molecule has 0 bridgehead atoms. The molecule has 0 fully saturated rings. The lowest BCUT2D eigenvalue weighted by Gasteiger charge is -2.14. The van der Waals surface area contributed by atoms with Gasteiger partial charge >= 0.3 is 0 Å². The average molecular weight is 362 g/mol. The lowest BCUT2D eigenvalue weighted by atomic mass is 10.1. The van der Waals surface area contributed by atoms with Crippen LogP contribution >= 0.6 is 11.6 Å². The van der Waals surface area contributed by atoms with E-state index in [-0.39, 0.29) is 5.91 Å². The van der Waals surface area contributed by atoms with E-state index in [2.05, 4.69) is 5.32 Å². The maximum absolute atomic E-state index is 12.2. The van der Waals surface area contributed by atoms with Gasteiger partial charge < -0.3 is 14.8 Å². The van der Waals surface area contributed by atoms with E-state index in [0.717, 1.165) is 29.0 Å². The molecule has 1 amide bonds. The molecule has 25 heavy (non-hydrogen) atoms. The highest BCUT2D eigenvalue weighted by atomic mass is 35.5. The molecule has 2 aromatic carbocycles. The summed E-state index contributed by atoms with van der Waals surface area (Å²) in [5.74, 6) is 1.36. The molecule has 0 unspecified atom stereocenters. The zero-order chi connectivity index (χ0) is 18.2. The van der Waals surface area contributed by atoms with Gasteiger partial charge in [0.15, 0.2) is 0 Å². The maximum atomic E-state index is 12.2. The first-order valence-electron chi connectivity index (χ1n) is 8.48. The summed E-state index contributed by atoms with van der Waals surface area (Å²) in [5, 5.41) is 3.59. The Hall–Kier alpha value is -2.20. The van der Waals surface area contributed by atoms with Crippen molar-refractivity contribution in [2.75, 3.05) is 13.2 Å². The van der Waals surface area contributed by atoms with E-state index in [4.69, 9.17) is 21.1 Å². The van der Waals surface area contributed by atoms with Crippen molar-refractivity contribution in [1.82, 2.24) is 5.32 Å². The molecule has 4 nitrogen and oxygen atoms in total. The molecule has 5 heteroatoms. The van der Waals surface area contributed by atoms with Crippen LogP contribution in [0.25, 0.3) is 0 Å². The monoisotopic (exact) mass is 361 g/mol. The standard InChI is InChI=1S/C20H24ClNO3/c1-4-10-22-20(23)15-6-9-19(24-5-2)16(12-15)13-25-17-7-8-18(21)14(3)11-17/h6-9,11-12H,4-5,10,13H2,1-3H3,(H,22,23). The van der Waals surface area contributed by atoms with Crippen LogP contribution in [0.3, 0.4) is 0 Å². The Morgan fingerprint density at radius 2 is 1.92 bits per heavy atom. The van der Waals surface area contributed by atoms with Gasteiger partial charge in [0, 0.05) is 22.7 Å². The molecule has 1 N–H and O–H groups in total. The van der Waals surface area contributed by atoms with Gasteiger partial charge in [-0.2, -0.15) is 0 Å². The van der Waals surface area contributed by atoms with E-state index >= 15 is 0 Å². The number of aryl methyl sites for hydroxylation is 1. The SMILES string of the molecule is CCCNC(=O)c1ccc(OCC)c(COc2ccc(Cl)c(C)c2)c1. The number of amides is 1. The molecule has 0 atom stereocenters. The Labute approximate surface area is 154 Å². The van der Waals surface area contributed by atoms with Gasteiger partial charge in [0.25, 0.3) is 5.91 Å². The van der Waals surface area contributed by atoms with E-state index in [0.29, 0.717) is 30.3 Å². The molecule has 0 aliphatic rings. The molecule has 0 aromatic heterocycles. The molecule has 0 heterocycles. The molecule has 0 saturated heterocycles. The first-order valence-corrected chi connectivity index (χ1v) is 8.85. The van der Waals surface area contributed by atoms with Crippen LogP contribution in [-0.4, -0.2) is 19.1 Å². The molecule has 0 aliphatic carbocycles. The number of hydrogen-bond donors (Lipinski definition) is 1. The van der Waals surface area contributed by atoms with Gasteiger partial charge in [-0.05, 0) is 62.2 Å². The third-order valence-electron chi connectivity index (χ3n) is 3.68. The highest BCUT2D eigenvalue weighted by Gasteiger charge is 2.11. The van der Waals surface area contributed by atoms with Crippen molar-refractivity contribution in [1.29, 1.82) is 0 Å². The molecule has 0 aliphatic heterocycles. The molecule has 0 spiro atoms. The second-order valence-corrected chi connectivity index (χ2v) is 6.12. The second-order valence-electron chi connectivity index (χ2n) is 5.71.